The molecule has 6 aromatic rings. The number of imidazole rings is 1. The van der Waals surface area contributed by atoms with Crippen molar-refractivity contribution >= 4 is 33.1 Å². The zero-order valence-corrected chi connectivity index (χ0v) is 21.8. The van der Waals surface area contributed by atoms with Gasteiger partial charge in [-0.15, -0.1) is 0 Å². The first-order valence-electron chi connectivity index (χ1n) is 12.8. The Balaban J connectivity index is 1.87. The van der Waals surface area contributed by atoms with Crippen LogP contribution in [0.5, 0.6) is 0 Å². The van der Waals surface area contributed by atoms with Gasteiger partial charge in [0, 0.05) is 10.9 Å². The predicted octanol–water partition coefficient (Wildman–Crippen LogP) is 7.97. The minimum atomic E-state index is 0.228. The van der Waals surface area contributed by atoms with E-state index < -0.39 is 0 Å². The summed E-state index contributed by atoms with van der Waals surface area (Å²) in [4.78, 5) is 5.33. The molecule has 0 radical (unpaired) electrons. The fourth-order valence-corrected chi connectivity index (χ4v) is 5.58. The largest absolute Gasteiger partial charge is 0.454 e. The van der Waals surface area contributed by atoms with E-state index in [1.54, 1.807) is 0 Å². The number of fused-ring (bicyclic) bond motifs is 4. The Morgan fingerprint density at radius 3 is 2.28 bits per heavy atom. The van der Waals surface area contributed by atoms with Gasteiger partial charge >= 0.3 is 0 Å². The summed E-state index contributed by atoms with van der Waals surface area (Å²) in [6.07, 6.45) is 0. The van der Waals surface area contributed by atoms with Gasteiger partial charge in [0.15, 0.2) is 22.3 Å². The van der Waals surface area contributed by atoms with Crippen LogP contribution in [0.1, 0.15) is 56.4 Å². The van der Waals surface area contributed by atoms with Crippen molar-refractivity contribution in [1.82, 2.24) is 9.55 Å². The Morgan fingerprint density at radius 2 is 1.53 bits per heavy atom. The molecule has 0 atom stereocenters. The number of rotatable bonds is 4. The molecule has 0 unspecified atom stereocenters. The molecule has 6 rings (SSSR count). The molecule has 0 aliphatic carbocycles. The first kappa shape index (κ1) is 22.5. The fraction of sp³-hybridized carbons (Fsp3) is 0.250. The lowest BCUT2D eigenvalue weighted by Gasteiger charge is -2.18. The van der Waals surface area contributed by atoms with Crippen LogP contribution in [0.25, 0.3) is 50.2 Å². The molecule has 4 nitrogen and oxygen atoms in total. The molecule has 0 amide bonds. The standard InChI is InChI=1S/C32H32N3O/c1-19(2)27-30(28(20(3)4)33-29-23-15-9-12-18-26(23)36-31(27)29)35-25-17-11-10-16-24(25)34(6)32(35)22-14-8-7-13-21(22)5/h7-20H,1-6H3/q+1. The van der Waals surface area contributed by atoms with Crippen molar-refractivity contribution < 1.29 is 8.98 Å². The van der Waals surface area contributed by atoms with Gasteiger partial charge in [-0.1, -0.05) is 70.2 Å². The maximum atomic E-state index is 6.55. The number of furan rings is 1. The van der Waals surface area contributed by atoms with E-state index in [1.807, 2.05) is 12.1 Å². The number of para-hydroxylation sites is 3. The van der Waals surface area contributed by atoms with E-state index in [0.29, 0.717) is 0 Å². The number of aromatic nitrogens is 3. The van der Waals surface area contributed by atoms with E-state index in [0.717, 1.165) is 39.3 Å². The van der Waals surface area contributed by atoms with Crippen molar-refractivity contribution in [2.24, 2.45) is 7.05 Å². The van der Waals surface area contributed by atoms with Crippen LogP contribution in [0, 0.1) is 6.92 Å². The van der Waals surface area contributed by atoms with Crippen molar-refractivity contribution in [3.05, 3.63) is 89.6 Å². The van der Waals surface area contributed by atoms with Gasteiger partial charge in [-0.3, -0.25) is 0 Å². The molecule has 180 valence electrons. The van der Waals surface area contributed by atoms with Crippen molar-refractivity contribution in [1.29, 1.82) is 0 Å². The number of hydrogen-bond donors (Lipinski definition) is 0. The van der Waals surface area contributed by atoms with Gasteiger partial charge in [-0.2, -0.15) is 4.57 Å². The van der Waals surface area contributed by atoms with Crippen molar-refractivity contribution in [3.8, 4) is 17.1 Å². The molecular weight excluding hydrogens is 442 g/mol. The van der Waals surface area contributed by atoms with E-state index in [4.69, 9.17) is 9.40 Å². The highest BCUT2D eigenvalue weighted by Crippen LogP contribution is 2.42. The van der Waals surface area contributed by atoms with E-state index in [-0.39, 0.29) is 11.8 Å². The SMILES string of the molecule is Cc1ccccc1-c1n(-c2c(C(C)C)nc3c(oc4ccccc43)c2C(C)C)c2ccccc2[n+]1C. The lowest BCUT2D eigenvalue weighted by molar-refractivity contribution is -0.633. The van der Waals surface area contributed by atoms with Gasteiger partial charge in [0.05, 0.1) is 18.3 Å². The van der Waals surface area contributed by atoms with Crippen LogP contribution in [0.2, 0.25) is 0 Å². The third-order valence-corrected chi connectivity index (χ3v) is 7.29. The Hall–Kier alpha value is -3.92. The lowest BCUT2D eigenvalue weighted by atomic mass is 9.94. The molecule has 0 aliphatic rings. The second-order valence-electron chi connectivity index (χ2n) is 10.4. The number of nitrogens with zero attached hydrogens (tertiary/aromatic N) is 3. The zero-order valence-electron chi connectivity index (χ0n) is 21.8. The molecule has 0 saturated carbocycles. The van der Waals surface area contributed by atoms with Crippen LogP contribution in [-0.2, 0) is 7.05 Å². The summed E-state index contributed by atoms with van der Waals surface area (Å²) in [6, 6.07) is 25.5. The summed E-state index contributed by atoms with van der Waals surface area (Å²) in [5, 5.41) is 1.07. The molecule has 0 bridgehead atoms. The van der Waals surface area contributed by atoms with Crippen LogP contribution in [0.3, 0.4) is 0 Å². The molecule has 4 heteroatoms. The van der Waals surface area contributed by atoms with Crippen molar-refractivity contribution in [2.75, 3.05) is 0 Å². The summed E-state index contributed by atoms with van der Waals surface area (Å²) in [5.74, 6) is 1.61. The van der Waals surface area contributed by atoms with Gasteiger partial charge in [0.2, 0.25) is 0 Å². The number of hydrogen-bond acceptors (Lipinski definition) is 2. The molecular formula is C32H32N3O+. The van der Waals surface area contributed by atoms with Crippen LogP contribution < -0.4 is 4.57 Å². The predicted molar refractivity (Wildman–Crippen MR) is 148 cm³/mol. The number of benzene rings is 3. The van der Waals surface area contributed by atoms with Crippen molar-refractivity contribution in [3.63, 3.8) is 0 Å². The first-order chi connectivity index (χ1) is 17.4. The first-order valence-corrected chi connectivity index (χ1v) is 12.8. The Morgan fingerprint density at radius 1 is 0.833 bits per heavy atom. The Kier molecular flexibility index (Phi) is 5.22. The summed E-state index contributed by atoms with van der Waals surface area (Å²) < 4.78 is 11.3. The van der Waals surface area contributed by atoms with E-state index >= 15 is 0 Å². The normalized spacial score (nSPS) is 12.1. The summed E-state index contributed by atoms with van der Waals surface area (Å²) in [6.45, 7) is 11.2. The van der Waals surface area contributed by atoms with Crippen LogP contribution in [0.4, 0.5) is 0 Å². The molecule has 0 fully saturated rings. The summed E-state index contributed by atoms with van der Waals surface area (Å²) in [7, 11) is 2.16. The van der Waals surface area contributed by atoms with Crippen LogP contribution in [0.15, 0.2) is 77.2 Å². The smallest absolute Gasteiger partial charge is 0.295 e. The highest BCUT2D eigenvalue weighted by atomic mass is 16.3. The minimum Gasteiger partial charge on any atom is -0.454 e. The monoisotopic (exact) mass is 474 g/mol. The molecule has 0 N–H and O–H groups in total. The fourth-order valence-electron chi connectivity index (χ4n) is 5.58. The average molecular weight is 475 g/mol. The highest BCUT2D eigenvalue weighted by molar-refractivity contribution is 6.04. The van der Waals surface area contributed by atoms with Crippen molar-refractivity contribution in [2.45, 2.75) is 46.5 Å². The molecule has 3 heterocycles. The Labute approximate surface area is 211 Å². The number of pyridine rings is 1. The topological polar surface area (TPSA) is 34.8 Å². The second kappa shape index (κ2) is 8.34. The molecule has 0 aliphatic heterocycles. The van der Waals surface area contributed by atoms with Gasteiger partial charge in [0.25, 0.3) is 5.82 Å². The van der Waals surface area contributed by atoms with E-state index in [2.05, 4.69) is 111 Å². The third-order valence-electron chi connectivity index (χ3n) is 7.29. The van der Waals surface area contributed by atoms with Gasteiger partial charge in [-0.05, 0) is 54.7 Å². The maximum absolute atomic E-state index is 6.55. The summed E-state index contributed by atoms with van der Waals surface area (Å²) >= 11 is 0. The highest BCUT2D eigenvalue weighted by Gasteiger charge is 2.34. The maximum Gasteiger partial charge on any atom is 0.295 e. The summed E-state index contributed by atoms with van der Waals surface area (Å²) in [5.41, 5.74) is 11.0. The van der Waals surface area contributed by atoms with Crippen LogP contribution in [-0.4, -0.2) is 9.55 Å². The lowest BCUT2D eigenvalue weighted by Crippen LogP contribution is -2.30. The zero-order chi connectivity index (χ0) is 25.1. The molecule has 3 aromatic heterocycles. The second-order valence-corrected chi connectivity index (χ2v) is 10.4. The molecule has 3 aromatic carbocycles. The van der Waals surface area contributed by atoms with Gasteiger partial charge in [-0.25, -0.2) is 9.55 Å². The number of aryl methyl sites for hydroxylation is 2. The Bertz CT molecular complexity index is 1770. The van der Waals surface area contributed by atoms with Crippen LogP contribution >= 0.6 is 0 Å². The molecule has 36 heavy (non-hydrogen) atoms. The van der Waals surface area contributed by atoms with Gasteiger partial charge in [0.1, 0.15) is 11.1 Å². The third kappa shape index (κ3) is 3.21. The van der Waals surface area contributed by atoms with E-state index in [9.17, 15) is 0 Å². The minimum absolute atomic E-state index is 0.228. The van der Waals surface area contributed by atoms with E-state index in [1.165, 1.54) is 27.7 Å². The quantitative estimate of drug-likeness (QED) is 0.243. The van der Waals surface area contributed by atoms with Gasteiger partial charge < -0.3 is 4.42 Å². The molecule has 0 saturated heterocycles. The average Bonchev–Trinajstić information content (AvgIpc) is 3.38. The molecule has 0 spiro atoms.